The molecule has 4 rings (SSSR count). The van der Waals surface area contributed by atoms with E-state index in [1.54, 1.807) is 17.2 Å². The Morgan fingerprint density at radius 2 is 2.03 bits per heavy atom. The van der Waals surface area contributed by atoms with Crippen molar-refractivity contribution in [2.75, 3.05) is 31.6 Å². The summed E-state index contributed by atoms with van der Waals surface area (Å²) < 4.78 is 11.5. The van der Waals surface area contributed by atoms with Crippen LogP contribution in [-0.2, 0) is 9.59 Å². The summed E-state index contributed by atoms with van der Waals surface area (Å²) in [6.07, 6.45) is 4.86. The van der Waals surface area contributed by atoms with Gasteiger partial charge in [-0.2, -0.15) is 0 Å². The third-order valence-electron chi connectivity index (χ3n) is 5.60. The summed E-state index contributed by atoms with van der Waals surface area (Å²) in [5.74, 6) is 1.73. The normalized spacial score (nSPS) is 16.1. The summed E-state index contributed by atoms with van der Waals surface area (Å²) in [6, 6.07) is 9.39. The average Bonchev–Trinajstić information content (AvgIpc) is 2.80. The molecule has 0 spiro atoms. The van der Waals surface area contributed by atoms with Gasteiger partial charge in [0.05, 0.1) is 12.2 Å². The van der Waals surface area contributed by atoms with Crippen LogP contribution < -0.4 is 14.8 Å². The van der Waals surface area contributed by atoms with Crippen LogP contribution in [0.1, 0.15) is 30.9 Å². The Morgan fingerprint density at radius 3 is 2.74 bits per heavy atom. The van der Waals surface area contributed by atoms with Gasteiger partial charge in [0.25, 0.3) is 5.91 Å². The van der Waals surface area contributed by atoms with Crippen molar-refractivity contribution >= 4 is 23.7 Å². The second kappa shape index (κ2) is 9.20. The van der Waals surface area contributed by atoms with Crippen LogP contribution in [0.3, 0.4) is 0 Å². The number of carbonyl (C=O) groups excluding carboxylic acids is 2. The number of nitrogens with zero attached hydrogens (tertiary/aromatic N) is 2. The molecule has 7 nitrogen and oxygen atoms in total. The highest BCUT2D eigenvalue weighted by Gasteiger charge is 2.30. The number of nitrogens with one attached hydrogen (secondary N) is 1. The highest BCUT2D eigenvalue weighted by atomic mass is 16.5. The monoisotopic (exact) mass is 421 g/mol. The Hall–Kier alpha value is -3.35. The molecule has 1 aromatic carbocycles. The van der Waals surface area contributed by atoms with Crippen LogP contribution in [0.4, 0.5) is 5.82 Å². The lowest BCUT2D eigenvalue weighted by molar-refractivity contribution is -0.131. The minimum atomic E-state index is -0.127. The SMILES string of the molecule is CCOc1cccc2c1OCC(C(=O)N1CCC(C(=O)Nc3ccc(C)cn3)CC1)=C2. The number of piperidine rings is 1. The second-order valence-corrected chi connectivity index (χ2v) is 7.84. The molecule has 0 saturated carbocycles. The number of aromatic nitrogens is 1. The molecule has 162 valence electrons. The average molecular weight is 421 g/mol. The molecule has 1 saturated heterocycles. The Labute approximate surface area is 182 Å². The first-order chi connectivity index (χ1) is 15.0. The van der Waals surface area contributed by atoms with Gasteiger partial charge < -0.3 is 19.7 Å². The zero-order chi connectivity index (χ0) is 21.8. The van der Waals surface area contributed by atoms with Gasteiger partial charge in [0.2, 0.25) is 5.91 Å². The maximum Gasteiger partial charge on any atom is 0.253 e. The first kappa shape index (κ1) is 20.9. The van der Waals surface area contributed by atoms with Crippen LogP contribution in [0.5, 0.6) is 11.5 Å². The molecule has 2 amide bonds. The fourth-order valence-corrected chi connectivity index (χ4v) is 3.89. The number of amides is 2. The number of rotatable bonds is 5. The fourth-order valence-electron chi connectivity index (χ4n) is 3.89. The lowest BCUT2D eigenvalue weighted by Crippen LogP contribution is -2.42. The van der Waals surface area contributed by atoms with Crippen molar-refractivity contribution in [1.29, 1.82) is 0 Å². The summed E-state index contributed by atoms with van der Waals surface area (Å²) >= 11 is 0. The Bertz CT molecular complexity index is 992. The number of likely N-dealkylation sites (tertiary alicyclic amines) is 1. The van der Waals surface area contributed by atoms with Crippen molar-refractivity contribution in [3.8, 4) is 11.5 Å². The first-order valence-corrected chi connectivity index (χ1v) is 10.7. The summed E-state index contributed by atoms with van der Waals surface area (Å²) in [5.41, 5.74) is 2.51. The topological polar surface area (TPSA) is 80.8 Å². The summed E-state index contributed by atoms with van der Waals surface area (Å²) in [7, 11) is 0. The lowest BCUT2D eigenvalue weighted by Gasteiger charge is -2.32. The number of ether oxygens (including phenoxy) is 2. The van der Waals surface area contributed by atoms with E-state index in [9.17, 15) is 9.59 Å². The van der Waals surface area contributed by atoms with Crippen LogP contribution in [0, 0.1) is 12.8 Å². The Balaban J connectivity index is 1.35. The molecule has 0 radical (unpaired) electrons. The number of carbonyl (C=O) groups is 2. The molecule has 2 aromatic rings. The van der Waals surface area contributed by atoms with E-state index in [0.717, 1.165) is 11.1 Å². The smallest absolute Gasteiger partial charge is 0.253 e. The molecule has 0 aliphatic carbocycles. The Morgan fingerprint density at radius 1 is 1.23 bits per heavy atom. The van der Waals surface area contributed by atoms with E-state index in [2.05, 4.69) is 10.3 Å². The highest BCUT2D eigenvalue weighted by Crippen LogP contribution is 2.36. The van der Waals surface area contributed by atoms with E-state index in [4.69, 9.17) is 9.47 Å². The molecule has 7 heteroatoms. The molecular formula is C24H27N3O4. The predicted octanol–water partition coefficient (Wildman–Crippen LogP) is 3.44. The molecule has 1 N–H and O–H groups in total. The zero-order valence-electron chi connectivity index (χ0n) is 17.9. The molecular weight excluding hydrogens is 394 g/mol. The zero-order valence-corrected chi connectivity index (χ0v) is 17.9. The number of pyridine rings is 1. The van der Waals surface area contributed by atoms with E-state index in [0.29, 0.717) is 55.4 Å². The van der Waals surface area contributed by atoms with Gasteiger partial charge in [-0.15, -0.1) is 0 Å². The third-order valence-corrected chi connectivity index (χ3v) is 5.60. The van der Waals surface area contributed by atoms with Crippen LogP contribution in [0.25, 0.3) is 6.08 Å². The molecule has 2 aliphatic rings. The molecule has 0 unspecified atom stereocenters. The van der Waals surface area contributed by atoms with Gasteiger partial charge in [-0.05, 0) is 50.5 Å². The quantitative estimate of drug-likeness (QED) is 0.800. The van der Waals surface area contributed by atoms with Gasteiger partial charge in [-0.25, -0.2) is 4.98 Å². The van der Waals surface area contributed by atoms with Gasteiger partial charge in [0.1, 0.15) is 12.4 Å². The maximum atomic E-state index is 13.0. The first-order valence-electron chi connectivity index (χ1n) is 10.7. The molecule has 2 aliphatic heterocycles. The van der Waals surface area contributed by atoms with Gasteiger partial charge >= 0.3 is 0 Å². The number of hydrogen-bond donors (Lipinski definition) is 1. The van der Waals surface area contributed by atoms with E-state index in [-0.39, 0.29) is 24.3 Å². The molecule has 1 aromatic heterocycles. The van der Waals surface area contributed by atoms with Gasteiger partial charge in [0.15, 0.2) is 11.5 Å². The van der Waals surface area contributed by atoms with Gasteiger partial charge in [-0.3, -0.25) is 9.59 Å². The van der Waals surface area contributed by atoms with Crippen LogP contribution >= 0.6 is 0 Å². The second-order valence-electron chi connectivity index (χ2n) is 7.84. The number of fused-ring (bicyclic) bond motifs is 1. The molecule has 0 bridgehead atoms. The van der Waals surface area contributed by atoms with E-state index < -0.39 is 0 Å². The lowest BCUT2D eigenvalue weighted by atomic mass is 9.95. The van der Waals surface area contributed by atoms with E-state index >= 15 is 0 Å². The largest absolute Gasteiger partial charge is 0.490 e. The minimum absolute atomic E-state index is 0.0356. The number of hydrogen-bond acceptors (Lipinski definition) is 5. The standard InChI is InChI=1S/C24H27N3O4/c1-3-30-20-6-4-5-18-13-19(15-31-22(18)20)24(29)27-11-9-17(10-12-27)23(28)26-21-8-7-16(2)14-25-21/h4-8,13-14,17H,3,9-12,15H2,1-2H3,(H,25,26,28). The van der Waals surface area contributed by atoms with Crippen molar-refractivity contribution in [2.45, 2.75) is 26.7 Å². The number of para-hydroxylation sites is 1. The van der Waals surface area contributed by atoms with Gasteiger partial charge in [0, 0.05) is 30.8 Å². The van der Waals surface area contributed by atoms with Crippen LogP contribution in [-0.4, -0.2) is 48.0 Å². The molecule has 1 fully saturated rings. The molecule has 0 atom stereocenters. The summed E-state index contributed by atoms with van der Waals surface area (Å²) in [5, 5.41) is 2.88. The van der Waals surface area contributed by atoms with Gasteiger partial charge in [-0.1, -0.05) is 18.2 Å². The number of anilines is 1. The maximum absolute atomic E-state index is 13.0. The molecule has 31 heavy (non-hydrogen) atoms. The number of aryl methyl sites for hydroxylation is 1. The number of benzene rings is 1. The predicted molar refractivity (Wildman–Crippen MR) is 118 cm³/mol. The third kappa shape index (κ3) is 4.71. The van der Waals surface area contributed by atoms with Crippen molar-refractivity contribution in [3.05, 3.63) is 53.2 Å². The van der Waals surface area contributed by atoms with Crippen molar-refractivity contribution in [1.82, 2.24) is 9.88 Å². The molecule has 3 heterocycles. The van der Waals surface area contributed by atoms with Crippen molar-refractivity contribution < 1.29 is 19.1 Å². The van der Waals surface area contributed by atoms with Crippen LogP contribution in [0.2, 0.25) is 0 Å². The van der Waals surface area contributed by atoms with Crippen LogP contribution in [0.15, 0.2) is 42.1 Å². The van der Waals surface area contributed by atoms with Crippen molar-refractivity contribution in [2.24, 2.45) is 5.92 Å². The Kier molecular flexibility index (Phi) is 6.21. The van der Waals surface area contributed by atoms with Crippen molar-refractivity contribution in [3.63, 3.8) is 0 Å². The summed E-state index contributed by atoms with van der Waals surface area (Å²) in [6.45, 7) is 5.74. The highest BCUT2D eigenvalue weighted by molar-refractivity contribution is 5.99. The summed E-state index contributed by atoms with van der Waals surface area (Å²) in [4.78, 5) is 31.6. The fraction of sp³-hybridized carbons (Fsp3) is 0.375. The van der Waals surface area contributed by atoms with E-state index in [1.165, 1.54) is 0 Å². The minimum Gasteiger partial charge on any atom is -0.490 e. The van der Waals surface area contributed by atoms with E-state index in [1.807, 2.05) is 44.2 Å².